The van der Waals surface area contributed by atoms with E-state index in [2.05, 4.69) is 140 Å². The Hall–Kier alpha value is -9.78. The highest BCUT2D eigenvalue weighted by Crippen LogP contribution is 2.32. The molecule has 0 aliphatic carbocycles. The molecule has 0 saturated carbocycles. The van der Waals surface area contributed by atoms with E-state index in [1.54, 1.807) is 47.4 Å². The Kier molecular flexibility index (Phi) is 31.3. The second-order valence-corrected chi connectivity index (χ2v) is 28.1. The molecule has 0 bridgehead atoms. The Morgan fingerprint density at radius 2 is 0.743 bits per heavy atom. The summed E-state index contributed by atoms with van der Waals surface area (Å²) in [7, 11) is 8.77. The normalized spacial score (nSPS) is 18.2. The Labute approximate surface area is 676 Å². The number of hydrogen-bond donors (Lipinski definition) is 1. The minimum Gasteiger partial charge on any atom is -0.497 e. The van der Waals surface area contributed by atoms with Crippen LogP contribution in [0.2, 0.25) is 20.9 Å². The molecule has 0 unspecified atom stereocenters. The molecule has 606 valence electrons. The molecular formula is C75H98Cl4N24O10. The van der Waals surface area contributed by atoms with Crippen LogP contribution < -0.4 is 49.1 Å². The van der Waals surface area contributed by atoms with E-state index in [9.17, 15) is 4.79 Å². The third kappa shape index (κ3) is 23.2. The Bertz CT molecular complexity index is 4680. The van der Waals surface area contributed by atoms with Crippen LogP contribution in [-0.4, -0.2) is 238 Å². The van der Waals surface area contributed by atoms with E-state index in [1.165, 1.54) is 0 Å². The zero-order chi connectivity index (χ0) is 80.8. The summed E-state index contributed by atoms with van der Waals surface area (Å²) in [5, 5.41) is 25.4. The van der Waals surface area contributed by atoms with Gasteiger partial charge in [0.2, 0.25) is 10.6 Å². The van der Waals surface area contributed by atoms with Crippen molar-refractivity contribution in [3.05, 3.63) is 138 Å². The lowest BCUT2D eigenvalue weighted by Gasteiger charge is -2.34. The van der Waals surface area contributed by atoms with Crippen molar-refractivity contribution in [2.24, 2.45) is 21.1 Å². The molecule has 5 aliphatic rings. The van der Waals surface area contributed by atoms with Crippen molar-refractivity contribution in [1.82, 2.24) is 94.8 Å². The second-order valence-electron chi connectivity index (χ2n) is 26.7. The monoisotopic (exact) mass is 1630 g/mol. The van der Waals surface area contributed by atoms with Crippen molar-refractivity contribution in [2.75, 3.05) is 138 Å². The molecule has 0 spiro atoms. The highest BCUT2D eigenvalue weighted by Gasteiger charge is 2.29. The molecule has 1 N–H and O–H groups in total. The fourth-order valence-electron chi connectivity index (χ4n) is 12.8. The predicted molar refractivity (Wildman–Crippen MR) is 431 cm³/mol. The first-order valence-electron chi connectivity index (χ1n) is 37.1. The number of halogens is 4. The lowest BCUT2D eigenvalue weighted by molar-refractivity contribution is 0.0983. The van der Waals surface area contributed by atoms with Gasteiger partial charge in [0.1, 0.15) is 81.2 Å². The Morgan fingerprint density at radius 3 is 1.11 bits per heavy atom. The molecule has 0 amide bonds. The van der Waals surface area contributed by atoms with E-state index in [4.69, 9.17) is 89.0 Å². The number of hydrogen-bond acceptors (Lipinski definition) is 30. The Morgan fingerprint density at radius 1 is 0.416 bits per heavy atom. The molecule has 38 heteroatoms. The summed E-state index contributed by atoms with van der Waals surface area (Å²) < 4.78 is 54.4. The number of aryl methyl sites for hydroxylation is 6. The summed E-state index contributed by atoms with van der Waals surface area (Å²) in [5.41, 5.74) is 8.63. The molecule has 5 aliphatic heterocycles. The average Bonchev–Trinajstić information content (AvgIpc) is 1.77. The third-order valence-corrected chi connectivity index (χ3v) is 19.2. The van der Waals surface area contributed by atoms with Crippen LogP contribution in [0.4, 0.5) is 29.1 Å². The second kappa shape index (κ2) is 41.3. The van der Waals surface area contributed by atoms with Crippen molar-refractivity contribution in [2.45, 2.75) is 113 Å². The SMILES string of the molecule is CC.COc1ccc(COc2nc(-c3c(C)nnn3C)cc(N3CCOC[C@H]3C)n2)cc1.COc1ccc(COc2nc(Cl)cc(N3CCOC[C@H]3C)n2)cc1.C[C@@H]1COCCN1c1cc(Cl)nc(Cl)n1.Cc1nnn(C)c1-c1cc(N2CCOC[C@H]2C)nc(=O)[nH]1.Cc1nnn(C)c1-c1cc(N2CCOC[C@H]2C)nc(Cl)n1. The van der Waals surface area contributed by atoms with Crippen molar-refractivity contribution in [3.63, 3.8) is 0 Å². The third-order valence-electron chi connectivity index (χ3n) is 18.5. The van der Waals surface area contributed by atoms with Gasteiger partial charge in [-0.05, 0) is 114 Å². The topological polar surface area (TPSA) is 340 Å². The maximum absolute atomic E-state index is 11.9. The lowest BCUT2D eigenvalue weighted by atomic mass is 10.2. The van der Waals surface area contributed by atoms with Gasteiger partial charge >= 0.3 is 17.7 Å². The number of H-pyrrole nitrogens is 1. The van der Waals surface area contributed by atoms with Gasteiger partial charge in [-0.2, -0.15) is 24.9 Å². The van der Waals surface area contributed by atoms with Crippen LogP contribution in [0.1, 0.15) is 76.7 Å². The van der Waals surface area contributed by atoms with Crippen molar-refractivity contribution in [1.29, 1.82) is 0 Å². The van der Waals surface area contributed by atoms with Gasteiger partial charge in [-0.15, -0.1) is 15.3 Å². The quantitative estimate of drug-likeness (QED) is 0.0694. The number of benzene rings is 2. The van der Waals surface area contributed by atoms with Crippen LogP contribution in [0.25, 0.3) is 34.2 Å². The van der Waals surface area contributed by atoms with Gasteiger partial charge in [-0.1, -0.05) is 77.0 Å². The van der Waals surface area contributed by atoms with E-state index in [1.807, 2.05) is 115 Å². The lowest BCUT2D eigenvalue weighted by Crippen LogP contribution is -2.44. The number of morpholine rings is 5. The fourth-order valence-corrected chi connectivity index (χ4v) is 13.5. The molecular weight excluding hydrogens is 1540 g/mol. The van der Waals surface area contributed by atoms with Gasteiger partial charge in [-0.3, -0.25) is 0 Å². The number of aromatic amines is 1. The molecule has 0 radical (unpaired) electrons. The summed E-state index contributed by atoms with van der Waals surface area (Å²) in [5.74, 6) is 5.40. The number of ether oxygens (including phenoxy) is 9. The molecule has 113 heavy (non-hydrogen) atoms. The van der Waals surface area contributed by atoms with Gasteiger partial charge in [0.05, 0.1) is 145 Å². The molecule has 5 atom stereocenters. The Balaban J connectivity index is 0.000000151. The van der Waals surface area contributed by atoms with E-state index in [0.717, 1.165) is 124 Å². The number of anilines is 5. The summed E-state index contributed by atoms with van der Waals surface area (Å²) >= 11 is 23.8. The molecule has 13 heterocycles. The highest BCUT2D eigenvalue weighted by atomic mass is 35.5. The maximum Gasteiger partial charge on any atom is 0.347 e. The van der Waals surface area contributed by atoms with Crippen molar-refractivity contribution < 1.29 is 42.6 Å². The number of rotatable bonds is 16. The highest BCUT2D eigenvalue weighted by molar-refractivity contribution is 6.32. The van der Waals surface area contributed by atoms with Crippen molar-refractivity contribution in [3.8, 4) is 57.7 Å². The van der Waals surface area contributed by atoms with Gasteiger partial charge in [0.25, 0.3) is 0 Å². The van der Waals surface area contributed by atoms with E-state index in [0.29, 0.717) is 107 Å². The maximum atomic E-state index is 11.9. The van der Waals surface area contributed by atoms with Crippen LogP contribution in [-0.2, 0) is 58.0 Å². The molecule has 5 saturated heterocycles. The number of aromatic nitrogens is 19. The molecule has 34 nitrogen and oxygen atoms in total. The number of nitrogens with one attached hydrogen (secondary N) is 1. The van der Waals surface area contributed by atoms with E-state index < -0.39 is 0 Å². The minimum atomic E-state index is -0.373. The first-order chi connectivity index (χ1) is 54.5. The van der Waals surface area contributed by atoms with Crippen LogP contribution >= 0.6 is 46.4 Å². The first-order valence-corrected chi connectivity index (χ1v) is 38.6. The fraction of sp³-hybridized carbons (Fsp3) is 0.493. The molecule has 2 aromatic carbocycles. The predicted octanol–water partition coefficient (Wildman–Crippen LogP) is 9.93. The van der Waals surface area contributed by atoms with Gasteiger partial charge in [0, 0.05) is 84.2 Å². The van der Waals surface area contributed by atoms with Crippen LogP contribution in [0.15, 0.2) is 83.7 Å². The van der Waals surface area contributed by atoms with Crippen LogP contribution in [0, 0.1) is 20.8 Å². The summed E-state index contributed by atoms with van der Waals surface area (Å²) in [6, 6.07) is 26.4. The van der Waals surface area contributed by atoms with E-state index in [-0.39, 0.29) is 52.5 Å². The van der Waals surface area contributed by atoms with Crippen LogP contribution in [0.3, 0.4) is 0 Å². The summed E-state index contributed by atoms with van der Waals surface area (Å²) in [6.07, 6.45) is 0. The van der Waals surface area contributed by atoms with E-state index >= 15 is 0 Å². The number of methoxy groups -OCH3 is 2. The zero-order valence-electron chi connectivity index (χ0n) is 66.3. The average molecular weight is 1640 g/mol. The van der Waals surface area contributed by atoms with Gasteiger partial charge in [0.15, 0.2) is 0 Å². The minimum absolute atomic E-state index is 0.177. The molecule has 15 rings (SSSR count). The summed E-state index contributed by atoms with van der Waals surface area (Å²) in [6.45, 7) is 31.4. The zero-order valence-corrected chi connectivity index (χ0v) is 69.3. The first kappa shape index (κ1) is 85.6. The van der Waals surface area contributed by atoms with Crippen LogP contribution in [0.5, 0.6) is 23.5 Å². The largest absolute Gasteiger partial charge is 0.497 e. The summed E-state index contributed by atoms with van der Waals surface area (Å²) in [4.78, 5) is 64.1. The molecule has 5 fully saturated rings. The molecule has 8 aromatic heterocycles. The number of nitrogens with zero attached hydrogens (tertiary/aromatic N) is 23. The smallest absolute Gasteiger partial charge is 0.347 e. The standard InChI is InChI=1S/C21H26N6O3.C17H20ClN3O3.C13H17ClN6O.C13H18N6O2.C9H11Cl2N3O.C2H6/c1-14-12-29-10-9-27(14)19-11-18(20-15(2)24-25-26(20)3)22-21(23-19)30-13-16-5-7-17(28-4)8-6-16;1-12-10-23-8-7-21(12)16-9-15(18)19-17(20-16)24-11-13-3-5-14(22-2)6-4-13;1-8-7-21-5-4-20(8)11-6-10(15-13(14)16-11)12-9(2)17-18-19(12)3;1-8-7-21-5-4-19(8)11-6-10(14-13(20)15-11)12-9(2)16-17-18(12)3;1-6-5-15-3-2-14(6)8-4-7(10)12-9(11)13-8;1-2/h5-8,11,14H,9-10,12-13H2,1-4H3;3-6,9,12H,7-8,10-11H2,1-2H3;6,8H,4-5,7H2,1-3H3;6,8H,4-5,7H2,1-3H3,(H,14,15,20);4,6H,2-3,5H2,1H3;1-2H3/t14-;12-;2*8-;6-;/m11111./s1. The van der Waals surface area contributed by atoms with Gasteiger partial charge in [-0.25, -0.2) is 38.8 Å². The van der Waals surface area contributed by atoms with Gasteiger partial charge < -0.3 is 72.1 Å². The molecule has 10 aromatic rings. The van der Waals surface area contributed by atoms with Crippen molar-refractivity contribution >= 4 is 75.5 Å².